The molecule has 2 aromatic carbocycles. The molecule has 0 aromatic heterocycles. The summed E-state index contributed by atoms with van der Waals surface area (Å²) in [6.45, 7) is 4.15. The molecule has 0 heterocycles. The van der Waals surface area contributed by atoms with Gasteiger partial charge in [0.2, 0.25) is 0 Å². The largest absolute Gasteiger partial charge is 0.488 e. The number of aryl methyl sites for hydroxylation is 1. The van der Waals surface area contributed by atoms with Crippen LogP contribution in [0.3, 0.4) is 0 Å². The van der Waals surface area contributed by atoms with Crippen LogP contribution < -0.4 is 10.0 Å². The topological polar surface area (TPSA) is 66.8 Å². The minimum Gasteiger partial charge on any atom is -0.488 e. The highest BCUT2D eigenvalue weighted by Gasteiger charge is 2.27. The first-order chi connectivity index (χ1) is 10.5. The van der Waals surface area contributed by atoms with Gasteiger partial charge in [-0.1, -0.05) is 50.2 Å². The van der Waals surface area contributed by atoms with Gasteiger partial charge in [0.15, 0.2) is 0 Å². The maximum atomic E-state index is 11.9. The summed E-state index contributed by atoms with van der Waals surface area (Å²) in [5.74, 6) is 0.270. The van der Waals surface area contributed by atoms with E-state index in [1.165, 1.54) is 0 Å². The zero-order chi connectivity index (χ0) is 16.2. The molecule has 22 heavy (non-hydrogen) atoms. The lowest BCUT2D eigenvalue weighted by molar-refractivity contribution is 0.306. The van der Waals surface area contributed by atoms with Gasteiger partial charge in [-0.05, 0) is 35.6 Å². The molecule has 0 saturated heterocycles. The van der Waals surface area contributed by atoms with Gasteiger partial charge < -0.3 is 14.5 Å². The van der Waals surface area contributed by atoms with Crippen LogP contribution in [0.5, 0.6) is 5.75 Å². The zero-order valence-electron chi connectivity index (χ0n) is 12.8. The first-order valence-electron chi connectivity index (χ1n) is 7.35. The summed E-state index contributed by atoms with van der Waals surface area (Å²) in [5.41, 5.74) is 2.60. The summed E-state index contributed by atoms with van der Waals surface area (Å²) in [6.07, 6.45) is 1.29. The molecular weight excluding hydrogens is 299 g/mol. The Morgan fingerprint density at radius 2 is 1.68 bits per heavy atom. The van der Waals surface area contributed by atoms with Crippen molar-refractivity contribution in [2.45, 2.75) is 33.3 Å². The van der Waals surface area contributed by atoms with Crippen LogP contribution in [0.15, 0.2) is 42.5 Å². The summed E-state index contributed by atoms with van der Waals surface area (Å²) >= 11 is 0. The molecule has 0 atom stereocenters. The summed E-state index contributed by atoms with van der Waals surface area (Å²) < 4.78 is 17.6. The predicted molar refractivity (Wildman–Crippen MR) is 87.7 cm³/mol. The van der Waals surface area contributed by atoms with Gasteiger partial charge in [-0.2, -0.15) is 0 Å². The van der Waals surface area contributed by atoms with E-state index in [0.717, 1.165) is 17.5 Å². The standard InChI is InChI=1S/C17H21O4P/c1-3-14-10-11-16(17(15(14)4-2)22(18,19)20)21-12-13-8-6-5-7-9-13/h5-11H,3-4,12H2,1-2H3,(H2,18,19,20). The minimum absolute atomic E-state index is 0.0327. The molecule has 4 nitrogen and oxygen atoms in total. The minimum atomic E-state index is -4.40. The smallest absolute Gasteiger partial charge is 0.360 e. The Balaban J connectivity index is 2.40. The van der Waals surface area contributed by atoms with Crippen LogP contribution >= 0.6 is 7.60 Å². The highest BCUT2D eigenvalue weighted by molar-refractivity contribution is 7.60. The van der Waals surface area contributed by atoms with Crippen LogP contribution in [0.25, 0.3) is 0 Å². The molecule has 0 aliphatic heterocycles. The van der Waals surface area contributed by atoms with Crippen LogP contribution in [-0.4, -0.2) is 9.79 Å². The number of hydrogen-bond donors (Lipinski definition) is 2. The molecule has 0 aliphatic rings. The zero-order valence-corrected chi connectivity index (χ0v) is 13.7. The first-order valence-corrected chi connectivity index (χ1v) is 8.96. The lowest BCUT2D eigenvalue weighted by Gasteiger charge is -2.18. The highest BCUT2D eigenvalue weighted by atomic mass is 31.2. The van der Waals surface area contributed by atoms with Crippen molar-refractivity contribution in [3.8, 4) is 5.75 Å². The quantitative estimate of drug-likeness (QED) is 0.802. The molecule has 0 saturated carbocycles. The van der Waals surface area contributed by atoms with Crippen molar-refractivity contribution >= 4 is 12.9 Å². The molecule has 5 heteroatoms. The van der Waals surface area contributed by atoms with Gasteiger partial charge in [-0.3, -0.25) is 4.57 Å². The fourth-order valence-corrected chi connectivity index (χ4v) is 3.63. The molecular formula is C17H21O4P. The molecule has 0 amide bonds. The Morgan fingerprint density at radius 1 is 1.00 bits per heavy atom. The second-order valence-corrected chi connectivity index (χ2v) is 6.61. The fraction of sp³-hybridized carbons (Fsp3) is 0.294. The number of ether oxygens (including phenoxy) is 1. The molecule has 2 aromatic rings. The van der Waals surface area contributed by atoms with Crippen molar-refractivity contribution in [2.75, 3.05) is 0 Å². The second kappa shape index (κ2) is 7.10. The Hall–Kier alpha value is -1.61. The van der Waals surface area contributed by atoms with Crippen molar-refractivity contribution in [1.82, 2.24) is 0 Å². The molecule has 0 unspecified atom stereocenters. The van der Waals surface area contributed by atoms with E-state index in [1.54, 1.807) is 6.07 Å². The maximum absolute atomic E-state index is 11.9. The lowest BCUT2D eigenvalue weighted by atomic mass is 10.0. The van der Waals surface area contributed by atoms with E-state index in [4.69, 9.17) is 4.74 Å². The number of hydrogen-bond acceptors (Lipinski definition) is 2. The summed E-state index contributed by atoms with van der Waals surface area (Å²) in [6, 6.07) is 13.1. The first kappa shape index (κ1) is 16.8. The van der Waals surface area contributed by atoms with E-state index in [1.807, 2.05) is 50.2 Å². The molecule has 0 radical (unpaired) electrons. The number of rotatable bonds is 6. The van der Waals surface area contributed by atoms with E-state index in [9.17, 15) is 14.4 Å². The van der Waals surface area contributed by atoms with E-state index < -0.39 is 7.60 Å². The van der Waals surface area contributed by atoms with Crippen LogP contribution in [0.2, 0.25) is 0 Å². The third kappa shape index (κ3) is 3.77. The van der Waals surface area contributed by atoms with Gasteiger partial charge in [-0.25, -0.2) is 0 Å². The van der Waals surface area contributed by atoms with Gasteiger partial charge in [-0.15, -0.1) is 0 Å². The van der Waals surface area contributed by atoms with Gasteiger partial charge in [0.05, 0.1) is 0 Å². The lowest BCUT2D eigenvalue weighted by Crippen LogP contribution is -2.17. The van der Waals surface area contributed by atoms with Gasteiger partial charge >= 0.3 is 7.60 Å². The van der Waals surface area contributed by atoms with E-state index >= 15 is 0 Å². The van der Waals surface area contributed by atoms with Crippen molar-refractivity contribution in [3.63, 3.8) is 0 Å². The third-order valence-corrected chi connectivity index (χ3v) is 4.68. The average Bonchev–Trinajstić information content (AvgIpc) is 2.51. The summed E-state index contributed by atoms with van der Waals surface area (Å²) in [5, 5.41) is 0.0327. The Bertz CT molecular complexity index is 677. The monoisotopic (exact) mass is 320 g/mol. The normalized spacial score (nSPS) is 11.5. The predicted octanol–water partition coefficient (Wildman–Crippen LogP) is 3.19. The molecule has 0 spiro atoms. The summed E-state index contributed by atoms with van der Waals surface area (Å²) in [7, 11) is -4.40. The Morgan fingerprint density at radius 3 is 2.23 bits per heavy atom. The molecule has 118 valence electrons. The van der Waals surface area contributed by atoms with Crippen molar-refractivity contribution in [1.29, 1.82) is 0 Å². The Labute approximate surface area is 130 Å². The van der Waals surface area contributed by atoms with Crippen LogP contribution in [0.4, 0.5) is 0 Å². The van der Waals surface area contributed by atoms with E-state index in [0.29, 0.717) is 12.0 Å². The van der Waals surface area contributed by atoms with E-state index in [-0.39, 0.29) is 17.7 Å². The van der Waals surface area contributed by atoms with Crippen molar-refractivity contribution in [3.05, 3.63) is 59.2 Å². The van der Waals surface area contributed by atoms with Crippen molar-refractivity contribution < 1.29 is 19.1 Å². The highest BCUT2D eigenvalue weighted by Crippen LogP contribution is 2.40. The third-order valence-electron chi connectivity index (χ3n) is 3.61. The van der Waals surface area contributed by atoms with Crippen LogP contribution in [-0.2, 0) is 24.0 Å². The summed E-state index contributed by atoms with van der Waals surface area (Å²) in [4.78, 5) is 19.5. The molecule has 0 fully saturated rings. The molecule has 0 aliphatic carbocycles. The average molecular weight is 320 g/mol. The van der Waals surface area contributed by atoms with Crippen LogP contribution in [0.1, 0.15) is 30.5 Å². The molecule has 2 rings (SSSR count). The van der Waals surface area contributed by atoms with Gasteiger partial charge in [0.25, 0.3) is 0 Å². The van der Waals surface area contributed by atoms with E-state index in [2.05, 4.69) is 0 Å². The second-order valence-electron chi connectivity index (χ2n) is 5.08. The number of benzene rings is 2. The molecule has 2 N–H and O–H groups in total. The van der Waals surface area contributed by atoms with Gasteiger partial charge in [0, 0.05) is 0 Å². The van der Waals surface area contributed by atoms with Gasteiger partial charge in [0.1, 0.15) is 17.7 Å². The van der Waals surface area contributed by atoms with Crippen LogP contribution in [0, 0.1) is 0 Å². The maximum Gasteiger partial charge on any atom is 0.360 e. The van der Waals surface area contributed by atoms with Crippen molar-refractivity contribution in [2.24, 2.45) is 0 Å². The molecule has 0 bridgehead atoms. The Kier molecular flexibility index (Phi) is 5.41. The fourth-order valence-electron chi connectivity index (χ4n) is 2.55. The SMILES string of the molecule is CCc1ccc(OCc2ccccc2)c(P(=O)(O)O)c1CC.